The Bertz CT molecular complexity index is 746. The van der Waals surface area contributed by atoms with Gasteiger partial charge in [0.2, 0.25) is 15.9 Å². The summed E-state index contributed by atoms with van der Waals surface area (Å²) in [5, 5.41) is 3.34. The molecule has 1 fully saturated rings. The molecule has 0 radical (unpaired) electrons. The molecule has 0 saturated carbocycles. The minimum Gasteiger partial charge on any atom is -0.317 e. The second kappa shape index (κ2) is 8.69. The maximum Gasteiger partial charge on any atom is 0.243 e. The molecule has 1 saturated heterocycles. The van der Waals surface area contributed by atoms with Crippen molar-refractivity contribution < 1.29 is 13.2 Å². The van der Waals surface area contributed by atoms with E-state index in [2.05, 4.69) is 12.2 Å². The van der Waals surface area contributed by atoms with Crippen LogP contribution in [-0.4, -0.2) is 51.4 Å². The van der Waals surface area contributed by atoms with Crippen LogP contribution in [0, 0.1) is 5.92 Å². The first-order valence-electron chi connectivity index (χ1n) is 9.05. The molecule has 0 aromatic heterocycles. The quantitative estimate of drug-likeness (QED) is 0.819. The second-order valence-electron chi connectivity index (χ2n) is 6.87. The third-order valence-corrected chi connectivity index (χ3v) is 7.12. The minimum absolute atomic E-state index is 0. The van der Waals surface area contributed by atoms with E-state index in [-0.39, 0.29) is 18.3 Å². The van der Waals surface area contributed by atoms with Gasteiger partial charge in [0.15, 0.2) is 0 Å². The predicted molar refractivity (Wildman–Crippen MR) is 105 cm³/mol. The van der Waals surface area contributed by atoms with E-state index in [9.17, 15) is 13.2 Å². The molecule has 26 heavy (non-hydrogen) atoms. The van der Waals surface area contributed by atoms with Crippen molar-refractivity contribution in [1.29, 1.82) is 0 Å². The Kier molecular flexibility index (Phi) is 7.07. The number of nitrogens with zero attached hydrogens (tertiary/aromatic N) is 2. The van der Waals surface area contributed by atoms with Gasteiger partial charge in [-0.25, -0.2) is 8.42 Å². The smallest absolute Gasteiger partial charge is 0.243 e. The first-order chi connectivity index (χ1) is 11.9. The van der Waals surface area contributed by atoms with Gasteiger partial charge >= 0.3 is 0 Å². The van der Waals surface area contributed by atoms with Crippen LogP contribution in [0.1, 0.15) is 32.3 Å². The summed E-state index contributed by atoms with van der Waals surface area (Å²) in [6.45, 7) is 7.25. The van der Waals surface area contributed by atoms with E-state index in [1.54, 1.807) is 21.3 Å². The fourth-order valence-corrected chi connectivity index (χ4v) is 5.19. The van der Waals surface area contributed by atoms with E-state index in [4.69, 9.17) is 0 Å². The average Bonchev–Trinajstić information content (AvgIpc) is 3.03. The Labute approximate surface area is 162 Å². The highest BCUT2D eigenvalue weighted by molar-refractivity contribution is 7.89. The standard InChI is InChI=1S/C18H27N3O3S.ClH/c1-3-19-13-15-6-9-20(10-7-15)25(23,24)17-5-4-16-8-11-21(14(2)22)18(16)12-17;/h4-5,12,15,19H,3,6-11,13H2,1-2H3;1H. The molecule has 6 nitrogen and oxygen atoms in total. The zero-order valence-electron chi connectivity index (χ0n) is 15.4. The van der Waals surface area contributed by atoms with E-state index < -0.39 is 10.0 Å². The molecule has 146 valence electrons. The number of halogens is 1. The first-order valence-corrected chi connectivity index (χ1v) is 10.5. The molecule has 0 spiro atoms. The third-order valence-electron chi connectivity index (χ3n) is 5.23. The van der Waals surface area contributed by atoms with Crippen LogP contribution in [0.15, 0.2) is 23.1 Å². The zero-order chi connectivity index (χ0) is 18.0. The van der Waals surface area contributed by atoms with Gasteiger partial charge in [-0.05, 0) is 56.0 Å². The third kappa shape index (κ3) is 4.22. The van der Waals surface area contributed by atoms with Crippen molar-refractivity contribution in [3.8, 4) is 0 Å². The van der Waals surface area contributed by atoms with Gasteiger partial charge < -0.3 is 10.2 Å². The molecule has 1 aromatic carbocycles. The molecule has 8 heteroatoms. The summed E-state index contributed by atoms with van der Waals surface area (Å²) < 4.78 is 27.6. The van der Waals surface area contributed by atoms with Gasteiger partial charge in [-0.3, -0.25) is 4.79 Å². The van der Waals surface area contributed by atoms with Crippen molar-refractivity contribution in [2.75, 3.05) is 37.6 Å². The van der Waals surface area contributed by atoms with E-state index in [0.717, 1.165) is 43.6 Å². The van der Waals surface area contributed by atoms with Crippen LogP contribution in [0.4, 0.5) is 5.69 Å². The summed E-state index contributed by atoms with van der Waals surface area (Å²) in [7, 11) is -3.50. The van der Waals surface area contributed by atoms with Crippen molar-refractivity contribution in [3.05, 3.63) is 23.8 Å². The van der Waals surface area contributed by atoms with Gasteiger partial charge in [-0.1, -0.05) is 13.0 Å². The van der Waals surface area contributed by atoms with Gasteiger partial charge in [0.1, 0.15) is 0 Å². The highest BCUT2D eigenvalue weighted by Gasteiger charge is 2.31. The minimum atomic E-state index is -3.50. The van der Waals surface area contributed by atoms with Crippen molar-refractivity contribution in [2.24, 2.45) is 5.92 Å². The SMILES string of the molecule is CCNCC1CCN(S(=O)(=O)c2ccc3c(c2)N(C(C)=O)CC3)CC1.Cl. The fraction of sp³-hybridized carbons (Fsp3) is 0.611. The van der Waals surface area contributed by atoms with E-state index >= 15 is 0 Å². The molecule has 0 bridgehead atoms. The van der Waals surface area contributed by atoms with Crippen LogP contribution in [0.3, 0.4) is 0 Å². The Morgan fingerprint density at radius 2 is 1.92 bits per heavy atom. The normalized spacial score (nSPS) is 18.5. The molecule has 0 aliphatic carbocycles. The molecule has 1 N–H and O–H groups in total. The number of anilines is 1. The van der Waals surface area contributed by atoms with E-state index in [1.165, 1.54) is 6.92 Å². The van der Waals surface area contributed by atoms with Crippen molar-refractivity contribution >= 4 is 34.0 Å². The van der Waals surface area contributed by atoms with Gasteiger partial charge in [0.05, 0.1) is 4.90 Å². The zero-order valence-corrected chi connectivity index (χ0v) is 17.0. The molecule has 1 amide bonds. The molecular formula is C18H28ClN3O3S. The summed E-state index contributed by atoms with van der Waals surface area (Å²) in [4.78, 5) is 13.7. The summed E-state index contributed by atoms with van der Waals surface area (Å²) in [5.41, 5.74) is 1.79. The molecule has 2 aliphatic heterocycles. The summed E-state index contributed by atoms with van der Waals surface area (Å²) in [5.74, 6) is 0.497. The Hall–Kier alpha value is -1.15. The average molecular weight is 402 g/mol. The summed E-state index contributed by atoms with van der Waals surface area (Å²) in [6.07, 6.45) is 2.55. The largest absolute Gasteiger partial charge is 0.317 e. The van der Waals surface area contributed by atoms with Crippen LogP contribution in [0.25, 0.3) is 0 Å². The predicted octanol–water partition coefficient (Wildman–Crippen LogP) is 2.03. The van der Waals surface area contributed by atoms with Gasteiger partial charge in [-0.15, -0.1) is 12.4 Å². The molecule has 2 heterocycles. The van der Waals surface area contributed by atoms with E-state index in [0.29, 0.717) is 30.4 Å². The number of hydrogen-bond acceptors (Lipinski definition) is 4. The van der Waals surface area contributed by atoms with E-state index in [1.807, 2.05) is 6.07 Å². The maximum atomic E-state index is 13.0. The lowest BCUT2D eigenvalue weighted by Crippen LogP contribution is -2.40. The van der Waals surface area contributed by atoms with Gasteiger partial charge in [0.25, 0.3) is 0 Å². The van der Waals surface area contributed by atoms with Gasteiger partial charge in [-0.2, -0.15) is 4.31 Å². The lowest BCUT2D eigenvalue weighted by atomic mass is 9.98. The number of carbonyl (C=O) groups excluding carboxylic acids is 1. The highest BCUT2D eigenvalue weighted by Crippen LogP contribution is 2.32. The number of piperidine rings is 1. The van der Waals surface area contributed by atoms with Crippen molar-refractivity contribution in [3.63, 3.8) is 0 Å². The summed E-state index contributed by atoms with van der Waals surface area (Å²) >= 11 is 0. The number of hydrogen-bond donors (Lipinski definition) is 1. The van der Waals surface area contributed by atoms with Crippen LogP contribution in [0.2, 0.25) is 0 Å². The first kappa shape index (κ1) is 21.2. The van der Waals surface area contributed by atoms with Gasteiger partial charge in [0, 0.05) is 32.2 Å². The molecular weight excluding hydrogens is 374 g/mol. The second-order valence-corrected chi connectivity index (χ2v) is 8.80. The molecule has 2 aliphatic rings. The Morgan fingerprint density at radius 3 is 2.54 bits per heavy atom. The maximum absolute atomic E-state index is 13.0. The molecule has 0 unspecified atom stereocenters. The Balaban J connectivity index is 0.00000243. The van der Waals surface area contributed by atoms with Crippen LogP contribution in [0.5, 0.6) is 0 Å². The molecule has 3 rings (SSSR count). The number of fused-ring (bicyclic) bond motifs is 1. The number of nitrogens with one attached hydrogen (secondary N) is 1. The van der Waals surface area contributed by atoms with Crippen LogP contribution in [-0.2, 0) is 21.2 Å². The number of carbonyl (C=O) groups is 1. The molecule has 1 aromatic rings. The summed E-state index contributed by atoms with van der Waals surface area (Å²) in [6, 6.07) is 5.20. The monoisotopic (exact) mass is 401 g/mol. The van der Waals surface area contributed by atoms with Crippen LogP contribution < -0.4 is 10.2 Å². The van der Waals surface area contributed by atoms with Crippen molar-refractivity contribution in [1.82, 2.24) is 9.62 Å². The molecule has 0 atom stereocenters. The number of amides is 1. The number of sulfonamides is 1. The number of benzene rings is 1. The topological polar surface area (TPSA) is 69.7 Å². The Morgan fingerprint density at radius 1 is 1.23 bits per heavy atom. The van der Waals surface area contributed by atoms with Crippen molar-refractivity contribution in [2.45, 2.75) is 38.0 Å². The van der Waals surface area contributed by atoms with Crippen LogP contribution >= 0.6 is 12.4 Å². The highest BCUT2D eigenvalue weighted by atomic mass is 35.5. The lowest BCUT2D eigenvalue weighted by molar-refractivity contribution is -0.116. The lowest BCUT2D eigenvalue weighted by Gasteiger charge is -2.31. The fourth-order valence-electron chi connectivity index (χ4n) is 3.70. The number of rotatable bonds is 5.